The molecule has 1 aromatic carbocycles. The summed E-state index contributed by atoms with van der Waals surface area (Å²) in [5, 5.41) is 3.51. The molecule has 0 amide bonds. The van der Waals surface area contributed by atoms with Gasteiger partial charge in [-0.05, 0) is 38.3 Å². The van der Waals surface area contributed by atoms with Gasteiger partial charge in [0.15, 0.2) is 0 Å². The lowest BCUT2D eigenvalue weighted by Crippen LogP contribution is -2.30. The monoisotopic (exact) mass is 261 g/mol. The molecule has 0 bridgehead atoms. The van der Waals surface area contributed by atoms with Crippen LogP contribution in [0.3, 0.4) is 0 Å². The molecule has 2 unspecified atom stereocenters. The van der Waals surface area contributed by atoms with Crippen molar-refractivity contribution >= 4 is 0 Å². The Morgan fingerprint density at radius 2 is 2.00 bits per heavy atom. The molecule has 0 heterocycles. The Morgan fingerprint density at radius 1 is 1.21 bits per heavy atom. The van der Waals surface area contributed by atoms with E-state index in [0.717, 1.165) is 12.3 Å². The van der Waals surface area contributed by atoms with Crippen LogP contribution in [0.15, 0.2) is 24.3 Å². The second-order valence-electron chi connectivity index (χ2n) is 5.83. The Morgan fingerprint density at radius 3 is 2.58 bits per heavy atom. The van der Waals surface area contributed by atoms with Crippen molar-refractivity contribution in [2.45, 2.75) is 65.3 Å². The molecule has 0 aliphatic rings. The molecule has 108 valence electrons. The Balaban J connectivity index is 2.52. The quantitative estimate of drug-likeness (QED) is 0.677. The van der Waals surface area contributed by atoms with Gasteiger partial charge in [0.05, 0.1) is 0 Å². The van der Waals surface area contributed by atoms with Gasteiger partial charge >= 0.3 is 0 Å². The third kappa shape index (κ3) is 6.24. The first-order chi connectivity index (χ1) is 9.19. The summed E-state index contributed by atoms with van der Waals surface area (Å²) in [6, 6.07) is 9.53. The largest absolute Gasteiger partial charge is 0.317 e. The molecule has 0 aliphatic heterocycles. The van der Waals surface area contributed by atoms with Crippen LogP contribution in [0.1, 0.15) is 57.1 Å². The van der Waals surface area contributed by atoms with Gasteiger partial charge < -0.3 is 5.32 Å². The average molecular weight is 261 g/mol. The summed E-state index contributed by atoms with van der Waals surface area (Å²) in [7, 11) is 2.10. The zero-order chi connectivity index (χ0) is 14.1. The minimum absolute atomic E-state index is 0.614. The average Bonchev–Trinajstić information content (AvgIpc) is 2.42. The zero-order valence-corrected chi connectivity index (χ0v) is 13.2. The molecule has 1 nitrogen and oxygen atoms in total. The van der Waals surface area contributed by atoms with Crippen LogP contribution in [0, 0.1) is 12.8 Å². The first-order valence-electron chi connectivity index (χ1n) is 7.92. The highest BCUT2D eigenvalue weighted by Crippen LogP contribution is 2.20. The molecule has 0 saturated heterocycles. The molecule has 2 atom stereocenters. The van der Waals surface area contributed by atoms with Crippen LogP contribution in [0.2, 0.25) is 0 Å². The number of benzene rings is 1. The van der Waals surface area contributed by atoms with Gasteiger partial charge in [-0.15, -0.1) is 0 Å². The van der Waals surface area contributed by atoms with Gasteiger partial charge in [0.1, 0.15) is 0 Å². The molecule has 1 aromatic rings. The van der Waals surface area contributed by atoms with Gasteiger partial charge in [-0.25, -0.2) is 0 Å². The zero-order valence-electron chi connectivity index (χ0n) is 13.2. The third-order valence-corrected chi connectivity index (χ3v) is 4.13. The maximum Gasteiger partial charge on any atom is 0.0107 e. The molecular weight excluding hydrogens is 230 g/mol. The number of rotatable bonds is 9. The molecular formula is C18H31N. The number of likely N-dealkylation sites (N-methyl/N-ethyl adjacent to an activating group) is 1. The number of hydrogen-bond donors (Lipinski definition) is 1. The summed E-state index contributed by atoms with van der Waals surface area (Å²) in [6.07, 6.45) is 7.85. The van der Waals surface area contributed by atoms with Crippen molar-refractivity contribution in [2.24, 2.45) is 5.92 Å². The van der Waals surface area contributed by atoms with Crippen molar-refractivity contribution in [3.05, 3.63) is 35.4 Å². The van der Waals surface area contributed by atoms with Crippen molar-refractivity contribution in [3.63, 3.8) is 0 Å². The predicted molar refractivity (Wildman–Crippen MR) is 85.7 cm³/mol. The van der Waals surface area contributed by atoms with Crippen LogP contribution in [0.25, 0.3) is 0 Å². The van der Waals surface area contributed by atoms with Crippen molar-refractivity contribution in [2.75, 3.05) is 7.05 Å². The Hall–Kier alpha value is -0.820. The number of nitrogens with one attached hydrogen (secondary N) is 1. The fraction of sp³-hybridized carbons (Fsp3) is 0.667. The highest BCUT2D eigenvalue weighted by molar-refractivity contribution is 5.23. The lowest BCUT2D eigenvalue weighted by molar-refractivity contribution is 0.358. The Labute approximate surface area is 119 Å². The molecule has 0 spiro atoms. The second kappa shape index (κ2) is 9.14. The van der Waals surface area contributed by atoms with Gasteiger partial charge in [0.2, 0.25) is 0 Å². The number of unbranched alkanes of at least 4 members (excludes halogenated alkanes) is 1. The second-order valence-corrected chi connectivity index (χ2v) is 5.83. The van der Waals surface area contributed by atoms with E-state index in [1.54, 1.807) is 0 Å². The first-order valence-corrected chi connectivity index (χ1v) is 7.92. The van der Waals surface area contributed by atoms with Crippen LogP contribution in [0.4, 0.5) is 0 Å². The molecule has 0 radical (unpaired) electrons. The van der Waals surface area contributed by atoms with Crippen LogP contribution in [0.5, 0.6) is 0 Å². The van der Waals surface area contributed by atoms with Gasteiger partial charge in [0.25, 0.3) is 0 Å². The molecule has 0 aromatic heterocycles. The molecule has 1 N–H and O–H groups in total. The minimum atomic E-state index is 0.614. The topological polar surface area (TPSA) is 12.0 Å². The van der Waals surface area contributed by atoms with E-state index >= 15 is 0 Å². The summed E-state index contributed by atoms with van der Waals surface area (Å²) >= 11 is 0. The lowest BCUT2D eigenvalue weighted by atomic mass is 9.89. The summed E-state index contributed by atoms with van der Waals surface area (Å²) in [5.41, 5.74) is 2.83. The highest BCUT2D eigenvalue weighted by Gasteiger charge is 2.14. The van der Waals surface area contributed by atoms with E-state index in [0.29, 0.717) is 6.04 Å². The first kappa shape index (κ1) is 16.2. The SMILES string of the molecule is CCCCC(CC)CC(Cc1cccc(C)c1)NC. The summed E-state index contributed by atoms with van der Waals surface area (Å²) in [5.74, 6) is 0.877. The Kier molecular flexibility index (Phi) is 7.81. The predicted octanol–water partition coefficient (Wildman–Crippen LogP) is 4.73. The smallest absolute Gasteiger partial charge is 0.0107 e. The summed E-state index contributed by atoms with van der Waals surface area (Å²) < 4.78 is 0. The van der Waals surface area contributed by atoms with Gasteiger partial charge in [-0.1, -0.05) is 69.4 Å². The molecule has 1 heteroatoms. The van der Waals surface area contributed by atoms with E-state index in [1.165, 1.54) is 43.2 Å². The fourth-order valence-corrected chi connectivity index (χ4v) is 2.81. The van der Waals surface area contributed by atoms with Crippen LogP contribution < -0.4 is 5.32 Å². The maximum absolute atomic E-state index is 3.51. The summed E-state index contributed by atoms with van der Waals surface area (Å²) in [6.45, 7) is 6.79. The molecule has 1 rings (SSSR count). The Bertz CT molecular complexity index is 345. The maximum atomic E-state index is 3.51. The van der Waals surface area contributed by atoms with Crippen molar-refractivity contribution in [1.82, 2.24) is 5.32 Å². The summed E-state index contributed by atoms with van der Waals surface area (Å²) in [4.78, 5) is 0. The van der Waals surface area contributed by atoms with Crippen LogP contribution in [-0.2, 0) is 6.42 Å². The van der Waals surface area contributed by atoms with E-state index in [1.807, 2.05) is 0 Å². The van der Waals surface area contributed by atoms with Crippen molar-refractivity contribution in [3.8, 4) is 0 Å². The normalized spacial score (nSPS) is 14.3. The van der Waals surface area contributed by atoms with Crippen LogP contribution >= 0.6 is 0 Å². The van der Waals surface area contributed by atoms with Gasteiger partial charge in [-0.3, -0.25) is 0 Å². The van der Waals surface area contributed by atoms with Crippen LogP contribution in [-0.4, -0.2) is 13.1 Å². The van der Waals surface area contributed by atoms with Crippen molar-refractivity contribution in [1.29, 1.82) is 0 Å². The molecule has 0 fully saturated rings. The third-order valence-electron chi connectivity index (χ3n) is 4.13. The number of hydrogen-bond acceptors (Lipinski definition) is 1. The van der Waals surface area contributed by atoms with Gasteiger partial charge in [0, 0.05) is 6.04 Å². The standard InChI is InChI=1S/C18H31N/c1-5-7-10-16(6-2)13-18(19-4)14-17-11-8-9-15(3)12-17/h8-9,11-12,16,18-19H,5-7,10,13-14H2,1-4H3. The van der Waals surface area contributed by atoms with E-state index in [4.69, 9.17) is 0 Å². The molecule has 19 heavy (non-hydrogen) atoms. The molecule has 0 saturated carbocycles. The fourth-order valence-electron chi connectivity index (χ4n) is 2.81. The lowest BCUT2D eigenvalue weighted by Gasteiger charge is -2.22. The van der Waals surface area contributed by atoms with Gasteiger partial charge in [-0.2, -0.15) is 0 Å². The van der Waals surface area contributed by atoms with Crippen molar-refractivity contribution < 1.29 is 0 Å². The highest BCUT2D eigenvalue weighted by atomic mass is 14.9. The van der Waals surface area contributed by atoms with E-state index in [2.05, 4.69) is 57.4 Å². The molecule has 0 aliphatic carbocycles. The van der Waals surface area contributed by atoms with E-state index < -0.39 is 0 Å². The number of aryl methyl sites for hydroxylation is 1. The van der Waals surface area contributed by atoms with E-state index in [-0.39, 0.29) is 0 Å². The minimum Gasteiger partial charge on any atom is -0.317 e. The van der Waals surface area contributed by atoms with E-state index in [9.17, 15) is 0 Å².